The van der Waals surface area contributed by atoms with Crippen LogP contribution in [0.25, 0.3) is 10.9 Å². The number of amides is 1. The highest BCUT2D eigenvalue weighted by Gasteiger charge is 2.26. The van der Waals surface area contributed by atoms with Crippen molar-refractivity contribution in [3.05, 3.63) is 71.4 Å². The van der Waals surface area contributed by atoms with Crippen molar-refractivity contribution in [2.45, 2.75) is 32.9 Å². The Bertz CT molecular complexity index is 1160. The molecule has 6 nitrogen and oxygen atoms in total. The van der Waals surface area contributed by atoms with E-state index in [4.69, 9.17) is 0 Å². The lowest BCUT2D eigenvalue weighted by atomic mass is 9.96. The van der Waals surface area contributed by atoms with Gasteiger partial charge in [-0.25, -0.2) is 0 Å². The van der Waals surface area contributed by atoms with Crippen LogP contribution in [0.5, 0.6) is 0 Å². The summed E-state index contributed by atoms with van der Waals surface area (Å²) in [6.45, 7) is 12.1. The minimum Gasteiger partial charge on any atom is -0.355 e. The zero-order valence-electron chi connectivity index (χ0n) is 22.0. The van der Waals surface area contributed by atoms with Gasteiger partial charge in [0.1, 0.15) is 0 Å². The van der Waals surface area contributed by atoms with Crippen LogP contribution in [0.15, 0.2) is 54.6 Å². The fourth-order valence-electron chi connectivity index (χ4n) is 5.68. The largest absolute Gasteiger partial charge is 0.355 e. The molecular weight excluding hydrogens is 446 g/mol. The van der Waals surface area contributed by atoms with Gasteiger partial charge in [0.2, 0.25) is 5.91 Å². The molecule has 0 bridgehead atoms. The third-order valence-electron chi connectivity index (χ3n) is 8.15. The number of likely N-dealkylation sites (tertiary alicyclic amines) is 1. The number of aromatic nitrogens is 1. The number of aryl methyl sites for hydroxylation is 1. The average Bonchev–Trinajstić information content (AvgIpc) is 3.23. The van der Waals surface area contributed by atoms with Gasteiger partial charge in [-0.05, 0) is 68.5 Å². The zero-order chi connectivity index (χ0) is 24.9. The molecule has 2 aliphatic heterocycles. The van der Waals surface area contributed by atoms with Gasteiger partial charge in [-0.1, -0.05) is 42.5 Å². The fourth-order valence-corrected chi connectivity index (χ4v) is 5.68. The third-order valence-corrected chi connectivity index (χ3v) is 8.15. The molecule has 2 fully saturated rings. The van der Waals surface area contributed by atoms with Crippen molar-refractivity contribution >= 4 is 16.8 Å². The van der Waals surface area contributed by atoms with Crippen molar-refractivity contribution in [2.24, 2.45) is 5.92 Å². The lowest BCUT2D eigenvalue weighted by molar-refractivity contribution is -0.126. The Balaban J connectivity index is 1.15. The van der Waals surface area contributed by atoms with E-state index < -0.39 is 0 Å². The number of piperazine rings is 1. The lowest BCUT2D eigenvalue weighted by Gasteiger charge is -2.33. The molecule has 0 unspecified atom stereocenters. The molecule has 3 heterocycles. The number of carbonyl (C=O) groups excluding carboxylic acids is 1. The standard InChI is InChI=1S/C30H41N5O/c1-24-7-3-4-9-27(24)22-35-28(21-26-8-5-6-10-29(26)35)23-34-14-11-25(12-15-34)30(36)31-13-16-33-19-17-32(2)18-20-33/h3-10,21,25H,11-20,22-23H2,1-2H3,(H,31,36). The molecule has 192 valence electrons. The van der Waals surface area contributed by atoms with Gasteiger partial charge in [-0.15, -0.1) is 0 Å². The Kier molecular flexibility index (Phi) is 8.05. The molecule has 2 saturated heterocycles. The normalized spacial score (nSPS) is 18.6. The van der Waals surface area contributed by atoms with Crippen LogP contribution in [0, 0.1) is 12.8 Å². The monoisotopic (exact) mass is 487 g/mol. The number of benzene rings is 2. The van der Waals surface area contributed by atoms with Crippen molar-refractivity contribution in [1.82, 2.24) is 24.6 Å². The van der Waals surface area contributed by atoms with E-state index in [1.165, 1.54) is 27.7 Å². The first kappa shape index (κ1) is 25.0. The molecule has 36 heavy (non-hydrogen) atoms. The van der Waals surface area contributed by atoms with E-state index >= 15 is 0 Å². The minimum absolute atomic E-state index is 0.145. The summed E-state index contributed by atoms with van der Waals surface area (Å²) in [6, 6.07) is 19.7. The van der Waals surface area contributed by atoms with Crippen molar-refractivity contribution in [3.63, 3.8) is 0 Å². The Labute approximate surface area is 215 Å². The number of piperidine rings is 1. The number of fused-ring (bicyclic) bond motifs is 1. The molecule has 0 atom stereocenters. The van der Waals surface area contributed by atoms with Gasteiger partial charge in [0.25, 0.3) is 0 Å². The Morgan fingerprint density at radius 1 is 0.889 bits per heavy atom. The van der Waals surface area contributed by atoms with Gasteiger partial charge in [-0.3, -0.25) is 14.6 Å². The summed E-state index contributed by atoms with van der Waals surface area (Å²) < 4.78 is 2.48. The number of nitrogens with zero attached hydrogens (tertiary/aromatic N) is 4. The van der Waals surface area contributed by atoms with E-state index in [1.807, 2.05) is 0 Å². The van der Waals surface area contributed by atoms with Gasteiger partial charge >= 0.3 is 0 Å². The van der Waals surface area contributed by atoms with Crippen molar-refractivity contribution in [2.75, 3.05) is 59.4 Å². The van der Waals surface area contributed by atoms with Crippen molar-refractivity contribution in [1.29, 1.82) is 0 Å². The molecule has 0 radical (unpaired) electrons. The molecule has 0 spiro atoms. The number of rotatable bonds is 8. The quantitative estimate of drug-likeness (QED) is 0.528. The Morgan fingerprint density at radius 2 is 1.61 bits per heavy atom. The SMILES string of the molecule is Cc1ccccc1Cn1c(CN2CCC(C(=O)NCCN3CCN(C)CC3)CC2)cc2ccccc21. The second-order valence-electron chi connectivity index (χ2n) is 10.7. The van der Waals surface area contributed by atoms with E-state index in [0.29, 0.717) is 0 Å². The summed E-state index contributed by atoms with van der Waals surface area (Å²) in [4.78, 5) is 20.2. The van der Waals surface area contributed by atoms with Crippen LogP contribution < -0.4 is 5.32 Å². The van der Waals surface area contributed by atoms with E-state index in [-0.39, 0.29) is 11.8 Å². The highest BCUT2D eigenvalue weighted by Crippen LogP contribution is 2.25. The summed E-state index contributed by atoms with van der Waals surface area (Å²) in [5, 5.41) is 4.52. The van der Waals surface area contributed by atoms with Crippen LogP contribution in [-0.4, -0.2) is 84.6 Å². The van der Waals surface area contributed by atoms with E-state index in [1.54, 1.807) is 0 Å². The van der Waals surface area contributed by atoms with Gasteiger partial charge in [0, 0.05) is 69.5 Å². The summed E-state index contributed by atoms with van der Waals surface area (Å²) in [5.41, 5.74) is 5.35. The Hall–Kier alpha value is -2.67. The second-order valence-corrected chi connectivity index (χ2v) is 10.7. The lowest BCUT2D eigenvalue weighted by Crippen LogP contribution is -2.47. The summed E-state index contributed by atoms with van der Waals surface area (Å²) >= 11 is 0. The van der Waals surface area contributed by atoms with Crippen LogP contribution in [0.1, 0.15) is 29.7 Å². The first-order chi connectivity index (χ1) is 17.6. The van der Waals surface area contributed by atoms with Gasteiger partial charge in [-0.2, -0.15) is 0 Å². The van der Waals surface area contributed by atoms with E-state index in [0.717, 1.165) is 78.3 Å². The number of nitrogens with one attached hydrogen (secondary N) is 1. The van der Waals surface area contributed by atoms with Gasteiger partial charge in [0.05, 0.1) is 0 Å². The molecule has 1 N–H and O–H groups in total. The van der Waals surface area contributed by atoms with Gasteiger partial charge < -0.3 is 14.8 Å². The molecule has 1 amide bonds. The number of hydrogen-bond acceptors (Lipinski definition) is 4. The van der Waals surface area contributed by atoms with E-state index in [2.05, 4.69) is 93.2 Å². The Morgan fingerprint density at radius 3 is 2.39 bits per heavy atom. The zero-order valence-corrected chi connectivity index (χ0v) is 22.0. The van der Waals surface area contributed by atoms with Crippen molar-refractivity contribution < 1.29 is 4.79 Å². The van der Waals surface area contributed by atoms with Crippen LogP contribution in [0.3, 0.4) is 0 Å². The van der Waals surface area contributed by atoms with Gasteiger partial charge in [0.15, 0.2) is 0 Å². The molecule has 3 aromatic rings. The second kappa shape index (κ2) is 11.6. The van der Waals surface area contributed by atoms with Crippen LogP contribution in [0.2, 0.25) is 0 Å². The van der Waals surface area contributed by atoms with Crippen LogP contribution in [0.4, 0.5) is 0 Å². The predicted molar refractivity (Wildman–Crippen MR) is 147 cm³/mol. The highest BCUT2D eigenvalue weighted by atomic mass is 16.1. The first-order valence-electron chi connectivity index (χ1n) is 13.6. The fraction of sp³-hybridized carbons (Fsp3) is 0.500. The molecule has 2 aromatic carbocycles. The summed E-state index contributed by atoms with van der Waals surface area (Å²) in [5.74, 6) is 0.393. The maximum Gasteiger partial charge on any atom is 0.223 e. The summed E-state index contributed by atoms with van der Waals surface area (Å²) in [7, 11) is 2.18. The molecule has 5 rings (SSSR count). The average molecular weight is 488 g/mol. The molecule has 6 heteroatoms. The summed E-state index contributed by atoms with van der Waals surface area (Å²) in [6.07, 6.45) is 1.89. The molecule has 0 aliphatic carbocycles. The molecule has 2 aliphatic rings. The van der Waals surface area contributed by atoms with Crippen LogP contribution >= 0.6 is 0 Å². The van der Waals surface area contributed by atoms with Crippen molar-refractivity contribution in [3.8, 4) is 0 Å². The van der Waals surface area contributed by atoms with E-state index in [9.17, 15) is 4.79 Å². The van der Waals surface area contributed by atoms with Crippen LogP contribution in [-0.2, 0) is 17.9 Å². The number of likely N-dealkylation sites (N-methyl/N-ethyl adjacent to an activating group) is 1. The third kappa shape index (κ3) is 6.00. The molecule has 0 saturated carbocycles. The highest BCUT2D eigenvalue weighted by molar-refractivity contribution is 5.81. The molecule has 1 aromatic heterocycles. The topological polar surface area (TPSA) is 43.8 Å². The number of carbonyl (C=O) groups is 1. The number of hydrogen-bond donors (Lipinski definition) is 1. The molecular formula is C30H41N5O. The number of para-hydroxylation sites is 1. The first-order valence-corrected chi connectivity index (χ1v) is 13.6. The maximum atomic E-state index is 12.8. The predicted octanol–water partition coefficient (Wildman–Crippen LogP) is 3.57. The minimum atomic E-state index is 0.145. The smallest absolute Gasteiger partial charge is 0.223 e. The maximum absolute atomic E-state index is 12.8.